The van der Waals surface area contributed by atoms with Gasteiger partial charge in [-0.1, -0.05) is 11.6 Å². The summed E-state index contributed by atoms with van der Waals surface area (Å²) in [6.07, 6.45) is 6.73. The zero-order valence-corrected chi connectivity index (χ0v) is 18.5. The standard InChI is InChI=1S/C20H17ClF2N6O2S/c1-8(32(2)31)15-18(23)17(21)16(10-4-25-28-19(10)15)12-6-29-7-13(26-14(29)5-24-12)27-20(30)9-3-11(9)22/h4-9,11H,3H2,1-2H3,(H,25,28)(H,27,30)/t8?,9-,11+,32?/m1/s1. The van der Waals surface area contributed by atoms with Crippen LogP contribution >= 0.6 is 11.6 Å². The van der Waals surface area contributed by atoms with Gasteiger partial charge in [-0.2, -0.15) is 5.10 Å². The number of fused-ring (bicyclic) bond motifs is 2. The number of alkyl halides is 1. The second-order valence-corrected chi connectivity index (χ2v) is 9.81. The van der Waals surface area contributed by atoms with Crippen LogP contribution in [0.4, 0.5) is 14.6 Å². The maximum atomic E-state index is 15.3. The number of nitrogens with one attached hydrogen (secondary N) is 2. The number of H-pyrrole nitrogens is 1. The van der Waals surface area contributed by atoms with E-state index >= 15 is 4.39 Å². The molecule has 2 N–H and O–H groups in total. The van der Waals surface area contributed by atoms with Gasteiger partial charge >= 0.3 is 0 Å². The molecule has 1 amide bonds. The van der Waals surface area contributed by atoms with Gasteiger partial charge in [0.25, 0.3) is 0 Å². The summed E-state index contributed by atoms with van der Waals surface area (Å²) in [7, 11) is 0. The molecule has 8 nitrogen and oxygen atoms in total. The van der Waals surface area contributed by atoms with Crippen molar-refractivity contribution in [1.29, 1.82) is 0 Å². The van der Waals surface area contributed by atoms with Crippen molar-refractivity contribution in [2.24, 2.45) is 5.92 Å². The molecule has 3 heterocycles. The highest BCUT2D eigenvalue weighted by Crippen LogP contribution is 2.41. The topological polar surface area (TPSA) is 111 Å². The first-order chi connectivity index (χ1) is 15.3. The Morgan fingerprint density at radius 3 is 2.88 bits per heavy atom. The highest BCUT2D eigenvalue weighted by Gasteiger charge is 2.43. The Kier molecular flexibility index (Phi) is 5.06. The molecule has 4 atom stereocenters. The zero-order valence-electron chi connectivity index (χ0n) is 16.9. The average Bonchev–Trinajstić information content (AvgIpc) is 3.11. The van der Waals surface area contributed by atoms with Crippen LogP contribution in [0.2, 0.25) is 5.02 Å². The number of aromatic amines is 1. The quantitative estimate of drug-likeness (QED) is 0.424. The summed E-state index contributed by atoms with van der Waals surface area (Å²) in [6, 6.07) is 0. The van der Waals surface area contributed by atoms with Crippen molar-refractivity contribution in [3.8, 4) is 11.3 Å². The van der Waals surface area contributed by atoms with Crippen LogP contribution in [0.5, 0.6) is 0 Å². The minimum Gasteiger partial charge on any atom is -0.616 e. The van der Waals surface area contributed by atoms with Gasteiger partial charge in [-0.3, -0.25) is 14.9 Å². The third-order valence-electron chi connectivity index (χ3n) is 5.63. The number of hydrogen-bond donors (Lipinski definition) is 2. The highest BCUT2D eigenvalue weighted by molar-refractivity contribution is 7.90. The van der Waals surface area contributed by atoms with E-state index in [1.165, 1.54) is 18.6 Å². The Bertz CT molecular complexity index is 1370. The Hall–Kier alpha value is -2.76. The van der Waals surface area contributed by atoms with E-state index in [0.717, 1.165) is 0 Å². The van der Waals surface area contributed by atoms with Gasteiger partial charge < -0.3 is 14.3 Å². The second-order valence-electron chi connectivity index (χ2n) is 7.73. The molecule has 1 aliphatic rings. The molecule has 5 rings (SSSR count). The first-order valence-corrected chi connectivity index (χ1v) is 11.7. The number of imidazole rings is 1. The molecule has 166 valence electrons. The number of amides is 1. The van der Waals surface area contributed by atoms with Gasteiger partial charge in [0.05, 0.1) is 52.6 Å². The van der Waals surface area contributed by atoms with E-state index in [-0.39, 0.29) is 22.8 Å². The molecule has 1 aromatic carbocycles. The minimum absolute atomic E-state index is 0.158. The molecular formula is C20H17ClF2N6O2S. The van der Waals surface area contributed by atoms with Crippen LogP contribution in [0.15, 0.2) is 24.8 Å². The fourth-order valence-corrected chi connectivity index (χ4v) is 4.53. The van der Waals surface area contributed by atoms with Gasteiger partial charge in [-0.05, 0) is 24.5 Å². The highest BCUT2D eigenvalue weighted by atomic mass is 35.5. The predicted molar refractivity (Wildman–Crippen MR) is 117 cm³/mol. The normalized spacial score (nSPS) is 19.9. The maximum absolute atomic E-state index is 15.3. The van der Waals surface area contributed by atoms with Crippen LogP contribution in [0.1, 0.15) is 24.2 Å². The third-order valence-corrected chi connectivity index (χ3v) is 7.22. The fraction of sp³-hybridized carbons (Fsp3) is 0.300. The monoisotopic (exact) mass is 478 g/mol. The smallest absolute Gasteiger partial charge is 0.231 e. The lowest BCUT2D eigenvalue weighted by atomic mass is 10.0. The lowest BCUT2D eigenvalue weighted by molar-refractivity contribution is -0.117. The number of anilines is 1. The SMILES string of the molecule is CC(c1c(F)c(Cl)c(-c2cn3cc(NC(=O)[C@@H]4C[C@@H]4F)nc3cn2)c2cn[nH]c12)[S+](C)[O-]. The molecule has 4 aromatic rings. The first kappa shape index (κ1) is 21.1. The van der Waals surface area contributed by atoms with Crippen molar-refractivity contribution in [2.75, 3.05) is 11.6 Å². The summed E-state index contributed by atoms with van der Waals surface area (Å²) < 4.78 is 42.0. The average molecular weight is 479 g/mol. The first-order valence-electron chi connectivity index (χ1n) is 9.72. The molecule has 32 heavy (non-hydrogen) atoms. The summed E-state index contributed by atoms with van der Waals surface area (Å²) in [4.78, 5) is 20.6. The van der Waals surface area contributed by atoms with Crippen LogP contribution in [0.3, 0.4) is 0 Å². The van der Waals surface area contributed by atoms with Gasteiger partial charge in [0, 0.05) is 17.1 Å². The molecular weight excluding hydrogens is 462 g/mol. The third kappa shape index (κ3) is 3.40. The molecule has 0 radical (unpaired) electrons. The van der Waals surface area contributed by atoms with Gasteiger partial charge in [0.15, 0.2) is 17.3 Å². The summed E-state index contributed by atoms with van der Waals surface area (Å²) in [5, 5.41) is 9.17. The summed E-state index contributed by atoms with van der Waals surface area (Å²) in [5.41, 5.74) is 1.71. The largest absolute Gasteiger partial charge is 0.616 e. The molecule has 1 fully saturated rings. The number of halogens is 3. The number of nitrogens with zero attached hydrogens (tertiary/aromatic N) is 4. The molecule has 2 unspecified atom stereocenters. The van der Waals surface area contributed by atoms with Crippen LogP contribution < -0.4 is 5.32 Å². The molecule has 0 spiro atoms. The maximum Gasteiger partial charge on any atom is 0.231 e. The Morgan fingerprint density at radius 1 is 1.44 bits per heavy atom. The Morgan fingerprint density at radius 2 is 2.19 bits per heavy atom. The van der Waals surface area contributed by atoms with Gasteiger partial charge in [-0.25, -0.2) is 13.8 Å². The van der Waals surface area contributed by atoms with Crippen molar-refractivity contribution in [1.82, 2.24) is 24.6 Å². The van der Waals surface area contributed by atoms with Gasteiger partial charge in [0.1, 0.15) is 11.4 Å². The van der Waals surface area contributed by atoms with E-state index in [9.17, 15) is 13.7 Å². The van der Waals surface area contributed by atoms with Crippen molar-refractivity contribution < 1.29 is 18.1 Å². The van der Waals surface area contributed by atoms with Crippen molar-refractivity contribution in [3.05, 3.63) is 41.2 Å². The van der Waals surface area contributed by atoms with Gasteiger partial charge in [0.2, 0.25) is 5.91 Å². The summed E-state index contributed by atoms with van der Waals surface area (Å²) in [5.74, 6) is -1.49. The van der Waals surface area contributed by atoms with Crippen LogP contribution in [0.25, 0.3) is 27.8 Å². The fourth-order valence-electron chi connectivity index (χ4n) is 3.68. The number of benzene rings is 1. The lowest BCUT2D eigenvalue weighted by Gasteiger charge is -2.18. The van der Waals surface area contributed by atoms with E-state index in [2.05, 4.69) is 25.5 Å². The Balaban J connectivity index is 1.58. The molecule has 3 aromatic heterocycles. The van der Waals surface area contributed by atoms with Crippen LogP contribution in [-0.2, 0) is 16.0 Å². The molecule has 12 heteroatoms. The Labute approximate surface area is 188 Å². The van der Waals surface area contributed by atoms with Crippen LogP contribution in [0, 0.1) is 11.7 Å². The molecule has 1 aliphatic carbocycles. The lowest BCUT2D eigenvalue weighted by Crippen LogP contribution is -2.15. The predicted octanol–water partition coefficient (Wildman–Crippen LogP) is 3.80. The number of rotatable bonds is 5. The number of aromatic nitrogens is 5. The van der Waals surface area contributed by atoms with Gasteiger partial charge in [-0.15, -0.1) is 0 Å². The second kappa shape index (κ2) is 7.68. The van der Waals surface area contributed by atoms with Crippen LogP contribution in [-0.4, -0.2) is 47.5 Å². The number of hydrogen-bond acceptors (Lipinski definition) is 5. The van der Waals surface area contributed by atoms with E-state index in [1.807, 2.05) is 0 Å². The summed E-state index contributed by atoms with van der Waals surface area (Å²) >= 11 is 5.10. The molecule has 0 saturated heterocycles. The number of carbonyl (C=O) groups excluding carboxylic acids is 1. The van der Waals surface area contributed by atoms with E-state index in [0.29, 0.717) is 27.8 Å². The molecule has 1 saturated carbocycles. The summed E-state index contributed by atoms with van der Waals surface area (Å²) in [6.45, 7) is 1.66. The number of carbonyl (C=O) groups is 1. The minimum atomic E-state index is -1.33. The van der Waals surface area contributed by atoms with Crippen molar-refractivity contribution in [2.45, 2.75) is 24.8 Å². The van der Waals surface area contributed by atoms with E-state index in [4.69, 9.17) is 11.6 Å². The van der Waals surface area contributed by atoms with E-state index < -0.39 is 40.2 Å². The van der Waals surface area contributed by atoms with E-state index in [1.54, 1.807) is 23.7 Å². The molecule has 0 bridgehead atoms. The van der Waals surface area contributed by atoms with Crippen molar-refractivity contribution >= 4 is 51.1 Å². The zero-order chi connectivity index (χ0) is 22.7. The molecule has 0 aliphatic heterocycles. The van der Waals surface area contributed by atoms with Crippen molar-refractivity contribution in [3.63, 3.8) is 0 Å².